The van der Waals surface area contributed by atoms with Gasteiger partial charge in [-0.1, -0.05) is 24.3 Å². The van der Waals surface area contributed by atoms with Crippen LogP contribution in [0.2, 0.25) is 0 Å². The molecule has 1 N–H and O–H groups in total. The first-order valence-corrected chi connectivity index (χ1v) is 12.9. The lowest BCUT2D eigenvalue weighted by atomic mass is 10.1. The molecular formula is C24H30N4O5S. The second-order valence-electron chi connectivity index (χ2n) is 8.14. The van der Waals surface area contributed by atoms with Crippen molar-refractivity contribution < 1.29 is 22.7 Å². The largest absolute Gasteiger partial charge is 0.379 e. The third kappa shape index (κ3) is 6.41. The third-order valence-corrected chi connectivity index (χ3v) is 7.76. The molecule has 9 nitrogen and oxygen atoms in total. The molecule has 0 spiro atoms. The molecule has 0 aromatic heterocycles. The van der Waals surface area contributed by atoms with E-state index in [1.54, 1.807) is 30.5 Å². The molecule has 2 heterocycles. The molecule has 0 unspecified atom stereocenters. The number of carbonyl (C=O) groups is 1. The number of hydrogen-bond donors (Lipinski definition) is 1. The summed E-state index contributed by atoms with van der Waals surface area (Å²) in [4.78, 5) is 14.7. The Labute approximate surface area is 200 Å². The summed E-state index contributed by atoms with van der Waals surface area (Å²) < 4.78 is 37.4. The Bertz CT molecular complexity index is 1080. The maximum absolute atomic E-state index is 12.7. The van der Waals surface area contributed by atoms with E-state index in [0.717, 1.165) is 43.1 Å². The van der Waals surface area contributed by atoms with Gasteiger partial charge < -0.3 is 14.4 Å². The van der Waals surface area contributed by atoms with Crippen LogP contribution in [0, 0.1) is 0 Å². The highest BCUT2D eigenvalue weighted by Gasteiger charge is 2.26. The zero-order valence-electron chi connectivity index (χ0n) is 19.1. The molecule has 34 heavy (non-hydrogen) atoms. The molecule has 0 aliphatic carbocycles. The number of aryl methyl sites for hydroxylation is 1. The number of ether oxygens (including phenoxy) is 2. The van der Waals surface area contributed by atoms with E-state index in [0.29, 0.717) is 32.7 Å². The third-order valence-electron chi connectivity index (χ3n) is 5.84. The number of nitrogens with zero attached hydrogens (tertiary/aromatic N) is 3. The summed E-state index contributed by atoms with van der Waals surface area (Å²) in [6.45, 7) is 4.81. The van der Waals surface area contributed by atoms with Crippen LogP contribution in [0.1, 0.15) is 17.5 Å². The zero-order chi connectivity index (χ0) is 23.8. The van der Waals surface area contributed by atoms with Gasteiger partial charge in [0.05, 0.1) is 37.5 Å². The van der Waals surface area contributed by atoms with Gasteiger partial charge in [0.15, 0.2) is 0 Å². The lowest BCUT2D eigenvalue weighted by Crippen LogP contribution is -2.40. The molecule has 182 valence electrons. The number of hydrogen-bond acceptors (Lipinski definition) is 7. The van der Waals surface area contributed by atoms with Crippen LogP contribution in [-0.2, 0) is 30.7 Å². The number of benzene rings is 2. The van der Waals surface area contributed by atoms with Crippen molar-refractivity contribution in [3.63, 3.8) is 0 Å². The first kappa shape index (κ1) is 24.3. The summed E-state index contributed by atoms with van der Waals surface area (Å²) >= 11 is 0. The Morgan fingerprint density at radius 3 is 2.18 bits per heavy atom. The van der Waals surface area contributed by atoms with E-state index in [-0.39, 0.29) is 17.2 Å². The highest BCUT2D eigenvalue weighted by molar-refractivity contribution is 7.89. The number of rotatable bonds is 8. The van der Waals surface area contributed by atoms with Gasteiger partial charge >= 0.3 is 0 Å². The van der Waals surface area contributed by atoms with Crippen LogP contribution in [0.4, 0.5) is 5.69 Å². The normalized spacial score (nSPS) is 17.7. The average Bonchev–Trinajstić information content (AvgIpc) is 2.89. The molecule has 4 rings (SSSR count). The van der Waals surface area contributed by atoms with E-state index in [1.807, 2.05) is 24.3 Å². The van der Waals surface area contributed by atoms with E-state index < -0.39 is 10.0 Å². The summed E-state index contributed by atoms with van der Waals surface area (Å²) in [6, 6.07) is 14.7. The van der Waals surface area contributed by atoms with Gasteiger partial charge in [0.1, 0.15) is 0 Å². The van der Waals surface area contributed by atoms with Crippen molar-refractivity contribution in [3.8, 4) is 0 Å². The van der Waals surface area contributed by atoms with Gasteiger partial charge in [-0.3, -0.25) is 4.79 Å². The Hall–Kier alpha value is -2.79. The lowest BCUT2D eigenvalue weighted by Gasteiger charge is -2.28. The number of morpholine rings is 2. The van der Waals surface area contributed by atoms with Crippen LogP contribution in [0.15, 0.2) is 58.5 Å². The summed E-state index contributed by atoms with van der Waals surface area (Å²) in [6.07, 6.45) is 2.36. The summed E-state index contributed by atoms with van der Waals surface area (Å²) in [5.74, 6) is -0.203. The standard InChI is InChI=1S/C24H30N4O5S/c29-24(26-25-19-21-1-6-22(7-2-21)27-11-15-32-16-12-27)10-5-20-3-8-23(9-4-20)34(30,31)28-13-17-33-18-14-28/h1-4,6-9,19H,5,10-18H2,(H,26,29)/b25-19+. The molecule has 10 heteroatoms. The van der Waals surface area contributed by atoms with Crippen LogP contribution in [0.5, 0.6) is 0 Å². The van der Waals surface area contributed by atoms with Crippen molar-refractivity contribution in [2.24, 2.45) is 5.10 Å². The number of sulfonamides is 1. The molecule has 2 aromatic rings. The van der Waals surface area contributed by atoms with Crippen molar-refractivity contribution >= 4 is 27.8 Å². The summed E-state index contributed by atoms with van der Waals surface area (Å²) in [5, 5.41) is 4.04. The second kappa shape index (κ2) is 11.6. The number of amides is 1. The first-order valence-electron chi connectivity index (χ1n) is 11.4. The summed E-state index contributed by atoms with van der Waals surface area (Å²) in [5.41, 5.74) is 5.48. The van der Waals surface area contributed by atoms with Crippen molar-refractivity contribution in [1.82, 2.24) is 9.73 Å². The van der Waals surface area contributed by atoms with Gasteiger partial charge in [0, 0.05) is 38.3 Å². The van der Waals surface area contributed by atoms with E-state index >= 15 is 0 Å². The highest BCUT2D eigenvalue weighted by Crippen LogP contribution is 2.18. The molecule has 2 aliphatic heterocycles. The van der Waals surface area contributed by atoms with Crippen molar-refractivity contribution in [2.75, 3.05) is 57.5 Å². The Morgan fingerprint density at radius 2 is 1.53 bits per heavy atom. The smallest absolute Gasteiger partial charge is 0.243 e. The predicted molar refractivity (Wildman–Crippen MR) is 130 cm³/mol. The number of hydrazone groups is 1. The fourth-order valence-electron chi connectivity index (χ4n) is 3.85. The SMILES string of the molecule is O=C(CCc1ccc(S(=O)(=O)N2CCOCC2)cc1)N/N=C/c1ccc(N2CCOCC2)cc1. The molecule has 1 amide bonds. The van der Waals surface area contributed by atoms with Crippen LogP contribution in [-0.4, -0.2) is 77.5 Å². The molecule has 2 aliphatic rings. The van der Waals surface area contributed by atoms with Crippen molar-refractivity contribution in [3.05, 3.63) is 59.7 Å². The monoisotopic (exact) mass is 486 g/mol. The van der Waals surface area contributed by atoms with Crippen LogP contribution < -0.4 is 10.3 Å². The molecule has 0 saturated carbocycles. The van der Waals surface area contributed by atoms with E-state index in [9.17, 15) is 13.2 Å². The zero-order valence-corrected chi connectivity index (χ0v) is 19.9. The number of nitrogens with one attached hydrogen (secondary N) is 1. The molecule has 2 saturated heterocycles. The molecule has 0 atom stereocenters. The van der Waals surface area contributed by atoms with Gasteiger partial charge in [-0.2, -0.15) is 9.41 Å². The average molecular weight is 487 g/mol. The highest BCUT2D eigenvalue weighted by atomic mass is 32.2. The summed E-state index contributed by atoms with van der Waals surface area (Å²) in [7, 11) is -3.51. The van der Waals surface area contributed by atoms with E-state index in [1.165, 1.54) is 4.31 Å². The van der Waals surface area contributed by atoms with E-state index in [2.05, 4.69) is 15.4 Å². The van der Waals surface area contributed by atoms with Gasteiger partial charge in [-0.15, -0.1) is 0 Å². The quantitative estimate of drug-likeness (QED) is 0.450. The molecule has 0 bridgehead atoms. The van der Waals surface area contributed by atoms with Crippen molar-refractivity contribution in [2.45, 2.75) is 17.7 Å². The van der Waals surface area contributed by atoms with Gasteiger partial charge in [0.2, 0.25) is 15.9 Å². The number of anilines is 1. The van der Waals surface area contributed by atoms with Crippen molar-refractivity contribution in [1.29, 1.82) is 0 Å². The fraction of sp³-hybridized carbons (Fsp3) is 0.417. The van der Waals surface area contributed by atoms with Crippen LogP contribution in [0.25, 0.3) is 0 Å². The number of carbonyl (C=O) groups excluding carboxylic acids is 1. The molecule has 2 aromatic carbocycles. The Morgan fingerprint density at radius 1 is 0.912 bits per heavy atom. The van der Waals surface area contributed by atoms with Gasteiger partial charge in [-0.25, -0.2) is 13.8 Å². The fourth-order valence-corrected chi connectivity index (χ4v) is 5.26. The minimum absolute atomic E-state index is 0.203. The van der Waals surface area contributed by atoms with Gasteiger partial charge in [-0.05, 0) is 41.8 Å². The minimum atomic E-state index is -3.51. The lowest BCUT2D eigenvalue weighted by molar-refractivity contribution is -0.121. The second-order valence-corrected chi connectivity index (χ2v) is 10.1. The van der Waals surface area contributed by atoms with Gasteiger partial charge in [0.25, 0.3) is 0 Å². The molecule has 0 radical (unpaired) electrons. The van der Waals surface area contributed by atoms with Crippen LogP contribution in [0.3, 0.4) is 0 Å². The first-order chi connectivity index (χ1) is 16.5. The maximum atomic E-state index is 12.7. The molecular weight excluding hydrogens is 456 g/mol. The van der Waals surface area contributed by atoms with E-state index in [4.69, 9.17) is 9.47 Å². The topological polar surface area (TPSA) is 101 Å². The van der Waals surface area contributed by atoms with Crippen LogP contribution >= 0.6 is 0 Å². The minimum Gasteiger partial charge on any atom is -0.379 e. The molecule has 2 fully saturated rings. The maximum Gasteiger partial charge on any atom is 0.243 e. The Kier molecular flexibility index (Phi) is 8.28. The Balaban J connectivity index is 1.22. The predicted octanol–water partition coefficient (Wildman–Crippen LogP) is 1.63.